The van der Waals surface area contributed by atoms with E-state index in [4.69, 9.17) is 27.4 Å². The number of carbonyl (C=O) groups excluding carboxylic acids is 2. The van der Waals surface area contributed by atoms with Crippen molar-refractivity contribution < 1.29 is 39.1 Å². The van der Waals surface area contributed by atoms with Crippen LogP contribution in [-0.2, 0) is 36.1 Å². The number of carbonyl (C=O) groups is 4. The van der Waals surface area contributed by atoms with Crippen LogP contribution in [0.25, 0.3) is 0 Å². The largest absolute Gasteiger partial charge is 0.480 e. The van der Waals surface area contributed by atoms with Gasteiger partial charge in [-0.3, -0.25) is 24.5 Å². The Morgan fingerprint density at radius 2 is 1.53 bits per heavy atom. The smallest absolute Gasteiger partial charge is 0.328 e. The third-order valence-electron chi connectivity index (χ3n) is 7.28. The molecule has 0 spiro atoms. The number of rotatable bonds is 16. The summed E-state index contributed by atoms with van der Waals surface area (Å²) in [5, 5.41) is 32.1. The molecule has 16 heteroatoms. The monoisotopic (exact) mass is 675 g/mol. The van der Waals surface area contributed by atoms with Crippen LogP contribution in [0.15, 0.2) is 65.7 Å². The van der Waals surface area contributed by atoms with Crippen LogP contribution < -0.4 is 27.6 Å². The molecule has 2 aromatic rings. The standard InChI is InChI=1S/C25H32N3O6P.C6H14N4O2/c1-18(24(31)28-14-8-13-22(28)23(30)26-21(15-29)25(32)33)27-35(34,16-19-9-4-2-5-10-19)17-20-11-6-3-7-12-20;7-4(5(11)12)2-1-3-10-6(8)9/h2-7,9-12,18,21-22,29H,8,13-17H2,1H3,(H,26,30)(H,27,34)(H,32,33);4H,1-3,7H2,(H,11,12)(H4,8,9,10)/t18-,21-,22-;4-/m00/s1. The van der Waals surface area contributed by atoms with Gasteiger partial charge in [-0.25, -0.2) is 4.79 Å². The van der Waals surface area contributed by atoms with Crippen molar-refractivity contribution in [1.29, 1.82) is 0 Å². The maximum Gasteiger partial charge on any atom is 0.328 e. The topological polar surface area (TPSA) is 264 Å². The number of benzene rings is 2. The lowest BCUT2D eigenvalue weighted by Gasteiger charge is -2.30. The summed E-state index contributed by atoms with van der Waals surface area (Å²) in [5.41, 5.74) is 17.1. The van der Waals surface area contributed by atoms with Gasteiger partial charge in [-0.15, -0.1) is 0 Å². The molecule has 47 heavy (non-hydrogen) atoms. The van der Waals surface area contributed by atoms with Crippen LogP contribution in [-0.4, -0.2) is 93.8 Å². The fourth-order valence-corrected chi connectivity index (χ4v) is 7.67. The molecule has 1 aliphatic heterocycles. The van der Waals surface area contributed by atoms with Crippen molar-refractivity contribution >= 4 is 37.0 Å². The summed E-state index contributed by atoms with van der Waals surface area (Å²) in [7, 11) is -3.11. The molecule has 258 valence electrons. The van der Waals surface area contributed by atoms with Gasteiger partial charge in [0.2, 0.25) is 11.8 Å². The summed E-state index contributed by atoms with van der Waals surface area (Å²) in [4.78, 5) is 52.5. The fraction of sp³-hybridized carbons (Fsp3) is 0.452. The fourth-order valence-electron chi connectivity index (χ4n) is 4.96. The first-order chi connectivity index (χ1) is 22.3. The van der Waals surface area contributed by atoms with Crippen LogP contribution in [0.2, 0.25) is 0 Å². The normalized spacial score (nSPS) is 16.1. The van der Waals surface area contributed by atoms with E-state index in [-0.39, 0.29) is 24.2 Å². The minimum Gasteiger partial charge on any atom is -0.480 e. The number of nitrogens with one attached hydrogen (secondary N) is 2. The summed E-state index contributed by atoms with van der Waals surface area (Å²) >= 11 is 0. The zero-order valence-corrected chi connectivity index (χ0v) is 27.3. The number of hydrogen-bond acceptors (Lipinski definition) is 8. The molecule has 2 amide bonds. The number of carboxylic acid groups (broad SMARTS) is 2. The number of aliphatic hydroxyl groups excluding tert-OH is 1. The average Bonchev–Trinajstić information content (AvgIpc) is 3.52. The predicted octanol–water partition coefficient (Wildman–Crippen LogP) is 0.648. The highest BCUT2D eigenvalue weighted by Gasteiger charge is 2.39. The molecule has 0 radical (unpaired) electrons. The van der Waals surface area contributed by atoms with Gasteiger partial charge >= 0.3 is 11.9 Å². The molecule has 1 fully saturated rings. The van der Waals surface area contributed by atoms with Gasteiger partial charge in [0.1, 0.15) is 18.1 Å². The molecule has 11 N–H and O–H groups in total. The number of aliphatic imine (C=N–C) groups is 1. The lowest BCUT2D eigenvalue weighted by molar-refractivity contribution is -0.145. The molecule has 0 aliphatic carbocycles. The molecule has 2 aromatic carbocycles. The van der Waals surface area contributed by atoms with Crippen molar-refractivity contribution in [3.8, 4) is 0 Å². The Morgan fingerprint density at radius 3 is 2.00 bits per heavy atom. The van der Waals surface area contributed by atoms with E-state index < -0.39 is 55.9 Å². The van der Waals surface area contributed by atoms with Crippen molar-refractivity contribution in [3.05, 3.63) is 71.8 Å². The van der Waals surface area contributed by atoms with Crippen LogP contribution in [0, 0.1) is 0 Å². The van der Waals surface area contributed by atoms with Gasteiger partial charge in [0.25, 0.3) is 0 Å². The third kappa shape index (κ3) is 13.5. The molecule has 1 aliphatic rings. The van der Waals surface area contributed by atoms with Crippen molar-refractivity contribution in [2.24, 2.45) is 22.2 Å². The summed E-state index contributed by atoms with van der Waals surface area (Å²) in [5.74, 6) is -3.34. The van der Waals surface area contributed by atoms with Gasteiger partial charge in [0.05, 0.1) is 12.6 Å². The highest BCUT2D eigenvalue weighted by Crippen LogP contribution is 2.49. The molecule has 1 heterocycles. The maximum absolute atomic E-state index is 14.1. The molecule has 0 unspecified atom stereocenters. The van der Waals surface area contributed by atoms with Gasteiger partial charge in [0.15, 0.2) is 13.3 Å². The van der Waals surface area contributed by atoms with Crippen molar-refractivity contribution in [2.45, 2.75) is 69.1 Å². The molecule has 0 saturated carbocycles. The Morgan fingerprint density at radius 1 is 0.979 bits per heavy atom. The number of nitrogens with zero attached hydrogens (tertiary/aromatic N) is 2. The zero-order chi connectivity index (χ0) is 35.0. The molecular formula is C31H46N7O8P. The van der Waals surface area contributed by atoms with Crippen LogP contribution >= 0.6 is 7.29 Å². The number of carboxylic acids is 2. The lowest BCUT2D eigenvalue weighted by atomic mass is 10.1. The van der Waals surface area contributed by atoms with E-state index in [2.05, 4.69) is 15.4 Å². The number of amides is 2. The first-order valence-electron chi connectivity index (χ1n) is 15.2. The first-order valence-corrected chi connectivity index (χ1v) is 17.3. The molecule has 0 bridgehead atoms. The molecular weight excluding hydrogens is 629 g/mol. The van der Waals surface area contributed by atoms with E-state index in [1.165, 1.54) is 4.90 Å². The quantitative estimate of drug-likeness (QED) is 0.0528. The van der Waals surface area contributed by atoms with Crippen LogP contribution in [0.5, 0.6) is 0 Å². The maximum atomic E-state index is 14.1. The van der Waals surface area contributed by atoms with E-state index in [0.717, 1.165) is 11.1 Å². The highest BCUT2D eigenvalue weighted by atomic mass is 31.2. The number of aliphatic hydroxyl groups is 1. The Bertz CT molecular complexity index is 1350. The van der Waals surface area contributed by atoms with E-state index in [9.17, 15) is 28.8 Å². The van der Waals surface area contributed by atoms with Crippen molar-refractivity contribution in [2.75, 3.05) is 19.7 Å². The molecule has 15 nitrogen and oxygen atoms in total. The Balaban J connectivity index is 0.000000544. The van der Waals surface area contributed by atoms with Crippen molar-refractivity contribution in [1.82, 2.24) is 15.3 Å². The minimum atomic E-state index is -3.11. The van der Waals surface area contributed by atoms with Gasteiger partial charge in [-0.1, -0.05) is 60.7 Å². The van der Waals surface area contributed by atoms with Crippen LogP contribution in [0.3, 0.4) is 0 Å². The van der Waals surface area contributed by atoms with Gasteiger partial charge in [0, 0.05) is 25.4 Å². The summed E-state index contributed by atoms with van der Waals surface area (Å²) in [6.07, 6.45) is 2.45. The van der Waals surface area contributed by atoms with Gasteiger partial charge in [-0.05, 0) is 43.7 Å². The van der Waals surface area contributed by atoms with E-state index in [1.54, 1.807) is 6.92 Å². The van der Waals surface area contributed by atoms with E-state index >= 15 is 0 Å². The zero-order valence-electron chi connectivity index (χ0n) is 26.4. The van der Waals surface area contributed by atoms with Crippen LogP contribution in [0.4, 0.5) is 0 Å². The van der Waals surface area contributed by atoms with Crippen molar-refractivity contribution in [3.63, 3.8) is 0 Å². The molecule has 1 saturated heterocycles. The Kier molecular flexibility index (Phi) is 16.0. The summed E-state index contributed by atoms with van der Waals surface area (Å²) in [6, 6.07) is 14.9. The number of guanidine groups is 1. The first kappa shape index (κ1) is 38.9. The van der Waals surface area contributed by atoms with E-state index in [1.807, 2.05) is 60.7 Å². The van der Waals surface area contributed by atoms with E-state index in [0.29, 0.717) is 38.8 Å². The number of hydrogen-bond donors (Lipinski definition) is 8. The predicted molar refractivity (Wildman–Crippen MR) is 177 cm³/mol. The minimum absolute atomic E-state index is 0.0129. The second-order valence-electron chi connectivity index (χ2n) is 11.2. The second kappa shape index (κ2) is 19.4. The van der Waals surface area contributed by atoms with Crippen LogP contribution in [0.1, 0.15) is 43.7 Å². The highest BCUT2D eigenvalue weighted by molar-refractivity contribution is 7.60. The third-order valence-corrected chi connectivity index (χ3v) is 9.89. The molecule has 0 aromatic heterocycles. The average molecular weight is 676 g/mol. The second-order valence-corrected chi connectivity index (χ2v) is 13.9. The van der Waals surface area contributed by atoms with Gasteiger partial charge < -0.3 is 47.3 Å². The Hall–Kier alpha value is -4.30. The molecule has 4 atom stereocenters. The summed E-state index contributed by atoms with van der Waals surface area (Å²) < 4.78 is 14.1. The molecule has 3 rings (SSSR count). The Labute approximate surface area is 274 Å². The van der Waals surface area contributed by atoms with Gasteiger partial charge in [-0.2, -0.15) is 0 Å². The summed E-state index contributed by atoms with van der Waals surface area (Å²) in [6.45, 7) is 1.64. The number of aliphatic carboxylic acids is 2. The SMILES string of the molecule is C[C@H](NP(=O)(Cc1ccccc1)Cc1ccccc1)C(=O)N1CCC[C@H]1C(=O)N[C@@H](CO)C(=O)O.NC(N)=NCCC[C@H](N)C(=O)O. The number of nitrogens with two attached hydrogens (primary N) is 3. The number of likely N-dealkylation sites (tertiary alicyclic amines) is 1. The lowest BCUT2D eigenvalue weighted by Crippen LogP contribution is -2.54.